The molecule has 22 heavy (non-hydrogen) atoms. The fraction of sp³-hybridized carbons (Fsp3) is 0.500. The lowest BCUT2D eigenvalue weighted by atomic mass is 10.1. The molecule has 6 nitrogen and oxygen atoms in total. The van der Waals surface area contributed by atoms with Crippen molar-refractivity contribution in [2.24, 2.45) is 0 Å². The molecule has 0 bridgehead atoms. The van der Waals surface area contributed by atoms with Gasteiger partial charge in [0.2, 0.25) is 5.91 Å². The molecule has 120 valence electrons. The summed E-state index contributed by atoms with van der Waals surface area (Å²) in [6, 6.07) is 7.26. The van der Waals surface area contributed by atoms with Crippen LogP contribution in [0.3, 0.4) is 0 Å². The van der Waals surface area contributed by atoms with Crippen molar-refractivity contribution in [1.82, 2.24) is 15.1 Å². The van der Waals surface area contributed by atoms with Gasteiger partial charge in [0.05, 0.1) is 0 Å². The highest BCUT2D eigenvalue weighted by molar-refractivity contribution is 5.96. The van der Waals surface area contributed by atoms with E-state index in [2.05, 4.69) is 5.32 Å². The number of rotatable bonds is 3. The van der Waals surface area contributed by atoms with Gasteiger partial charge in [0, 0.05) is 52.0 Å². The van der Waals surface area contributed by atoms with Crippen molar-refractivity contribution in [3.05, 3.63) is 29.8 Å². The summed E-state index contributed by atoms with van der Waals surface area (Å²) in [6.07, 6.45) is 0. The summed E-state index contributed by atoms with van der Waals surface area (Å²) >= 11 is 0. The molecule has 0 saturated carbocycles. The van der Waals surface area contributed by atoms with Crippen LogP contribution in [0.5, 0.6) is 0 Å². The van der Waals surface area contributed by atoms with E-state index in [0.29, 0.717) is 25.2 Å². The van der Waals surface area contributed by atoms with Gasteiger partial charge in [-0.15, -0.1) is 0 Å². The summed E-state index contributed by atoms with van der Waals surface area (Å²) in [4.78, 5) is 30.3. The summed E-state index contributed by atoms with van der Waals surface area (Å²) < 4.78 is 0. The average Bonchev–Trinajstić information content (AvgIpc) is 2.54. The van der Waals surface area contributed by atoms with Crippen LogP contribution in [0.15, 0.2) is 24.3 Å². The standard InChI is InChI=1S/C16H24N4O2/c1-17-15(21)14-11-20(9-8-19(14)4)16(22)12-6-5-7-13(10-12)18(2)3/h5-7,10,14H,8-9,11H2,1-4H3,(H,17,21). The molecule has 0 aliphatic carbocycles. The highest BCUT2D eigenvalue weighted by atomic mass is 16.2. The van der Waals surface area contributed by atoms with Gasteiger partial charge < -0.3 is 15.1 Å². The van der Waals surface area contributed by atoms with Crippen LogP contribution in [0.25, 0.3) is 0 Å². The number of benzene rings is 1. The van der Waals surface area contributed by atoms with E-state index in [9.17, 15) is 9.59 Å². The smallest absolute Gasteiger partial charge is 0.254 e. The number of piperazine rings is 1. The zero-order valence-corrected chi connectivity index (χ0v) is 13.7. The first-order chi connectivity index (χ1) is 10.4. The van der Waals surface area contributed by atoms with Crippen LogP contribution in [-0.4, -0.2) is 75.5 Å². The largest absolute Gasteiger partial charge is 0.378 e. The van der Waals surface area contributed by atoms with Gasteiger partial charge in [0.15, 0.2) is 0 Å². The first-order valence-electron chi connectivity index (χ1n) is 7.42. The SMILES string of the molecule is CNC(=O)C1CN(C(=O)c2cccc(N(C)C)c2)CCN1C. The Morgan fingerprint density at radius 3 is 2.64 bits per heavy atom. The minimum Gasteiger partial charge on any atom is -0.378 e. The van der Waals surface area contributed by atoms with E-state index in [-0.39, 0.29) is 17.9 Å². The maximum Gasteiger partial charge on any atom is 0.254 e. The Kier molecular flexibility index (Phi) is 5.03. The minimum atomic E-state index is -0.292. The third-order valence-corrected chi connectivity index (χ3v) is 4.09. The van der Waals surface area contributed by atoms with Crippen molar-refractivity contribution in [2.45, 2.75) is 6.04 Å². The maximum absolute atomic E-state index is 12.7. The third-order valence-electron chi connectivity index (χ3n) is 4.09. The zero-order chi connectivity index (χ0) is 16.3. The van der Waals surface area contributed by atoms with Gasteiger partial charge in [-0.3, -0.25) is 14.5 Å². The molecule has 1 atom stereocenters. The lowest BCUT2D eigenvalue weighted by Crippen LogP contribution is -2.58. The molecule has 1 aliphatic rings. The molecule has 1 heterocycles. The van der Waals surface area contributed by atoms with Crippen LogP contribution in [0.1, 0.15) is 10.4 Å². The van der Waals surface area contributed by atoms with Crippen LogP contribution in [0, 0.1) is 0 Å². The zero-order valence-electron chi connectivity index (χ0n) is 13.7. The minimum absolute atomic E-state index is 0.0225. The van der Waals surface area contributed by atoms with Gasteiger partial charge in [-0.25, -0.2) is 0 Å². The van der Waals surface area contributed by atoms with Crippen LogP contribution in [0.2, 0.25) is 0 Å². The van der Waals surface area contributed by atoms with E-state index in [4.69, 9.17) is 0 Å². The number of carbonyl (C=O) groups excluding carboxylic acids is 2. The Hall–Kier alpha value is -2.08. The highest BCUT2D eigenvalue weighted by Crippen LogP contribution is 2.17. The Labute approximate surface area is 131 Å². The predicted molar refractivity (Wildman–Crippen MR) is 87.2 cm³/mol. The Bertz CT molecular complexity index is 559. The van der Waals surface area contributed by atoms with Crippen molar-refractivity contribution in [1.29, 1.82) is 0 Å². The fourth-order valence-electron chi connectivity index (χ4n) is 2.61. The van der Waals surface area contributed by atoms with Crippen molar-refractivity contribution in [3.8, 4) is 0 Å². The molecule has 0 spiro atoms. The number of likely N-dealkylation sites (N-methyl/N-ethyl adjacent to an activating group) is 2. The van der Waals surface area contributed by atoms with E-state index in [1.165, 1.54) is 0 Å². The first kappa shape index (κ1) is 16.3. The van der Waals surface area contributed by atoms with E-state index in [1.54, 1.807) is 11.9 Å². The summed E-state index contributed by atoms with van der Waals surface area (Å²) in [5.74, 6) is -0.0762. The summed E-state index contributed by atoms with van der Waals surface area (Å²) in [5.41, 5.74) is 1.65. The molecular weight excluding hydrogens is 280 g/mol. The van der Waals surface area contributed by atoms with E-state index in [0.717, 1.165) is 5.69 Å². The van der Waals surface area contributed by atoms with Gasteiger partial charge >= 0.3 is 0 Å². The number of amides is 2. The van der Waals surface area contributed by atoms with Crippen LogP contribution < -0.4 is 10.2 Å². The molecule has 1 N–H and O–H groups in total. The van der Waals surface area contributed by atoms with Gasteiger partial charge in [-0.2, -0.15) is 0 Å². The Morgan fingerprint density at radius 1 is 1.27 bits per heavy atom. The molecule has 1 aliphatic heterocycles. The maximum atomic E-state index is 12.7. The number of carbonyl (C=O) groups is 2. The second-order valence-corrected chi connectivity index (χ2v) is 5.81. The molecule has 2 amide bonds. The molecule has 2 rings (SSSR count). The molecule has 1 aromatic rings. The Balaban J connectivity index is 2.15. The quantitative estimate of drug-likeness (QED) is 0.870. The van der Waals surface area contributed by atoms with Crippen molar-refractivity contribution < 1.29 is 9.59 Å². The molecular formula is C16H24N4O2. The number of nitrogens with one attached hydrogen (secondary N) is 1. The monoisotopic (exact) mass is 304 g/mol. The van der Waals surface area contributed by atoms with Crippen molar-refractivity contribution in [2.75, 3.05) is 52.7 Å². The number of nitrogens with zero attached hydrogens (tertiary/aromatic N) is 3. The van der Waals surface area contributed by atoms with Crippen LogP contribution in [-0.2, 0) is 4.79 Å². The van der Waals surface area contributed by atoms with Crippen molar-refractivity contribution >= 4 is 17.5 Å². The molecule has 1 aromatic carbocycles. The van der Waals surface area contributed by atoms with Gasteiger partial charge in [0.1, 0.15) is 6.04 Å². The fourth-order valence-corrected chi connectivity index (χ4v) is 2.61. The van der Waals surface area contributed by atoms with Crippen molar-refractivity contribution in [3.63, 3.8) is 0 Å². The number of anilines is 1. The lowest BCUT2D eigenvalue weighted by Gasteiger charge is -2.38. The highest BCUT2D eigenvalue weighted by Gasteiger charge is 2.32. The number of hydrogen-bond acceptors (Lipinski definition) is 4. The molecule has 6 heteroatoms. The summed E-state index contributed by atoms with van der Waals surface area (Å²) in [6.45, 7) is 1.74. The summed E-state index contributed by atoms with van der Waals surface area (Å²) in [7, 11) is 7.42. The summed E-state index contributed by atoms with van der Waals surface area (Å²) in [5, 5.41) is 2.66. The molecule has 1 saturated heterocycles. The second kappa shape index (κ2) is 6.79. The third kappa shape index (κ3) is 3.39. The molecule has 0 aromatic heterocycles. The average molecular weight is 304 g/mol. The topological polar surface area (TPSA) is 55.9 Å². The first-order valence-corrected chi connectivity index (χ1v) is 7.42. The van der Waals surface area contributed by atoms with Gasteiger partial charge in [0.25, 0.3) is 5.91 Å². The Morgan fingerprint density at radius 2 is 2.00 bits per heavy atom. The lowest BCUT2D eigenvalue weighted by molar-refractivity contribution is -0.127. The predicted octanol–water partition coefficient (Wildman–Crippen LogP) is 0.255. The normalized spacial score (nSPS) is 18.9. The van der Waals surface area contributed by atoms with E-state index >= 15 is 0 Å². The van der Waals surface area contributed by atoms with E-state index < -0.39 is 0 Å². The molecule has 0 radical (unpaired) electrons. The number of hydrogen-bond donors (Lipinski definition) is 1. The molecule has 1 fully saturated rings. The van der Waals surface area contributed by atoms with E-state index in [1.807, 2.05) is 55.2 Å². The van der Waals surface area contributed by atoms with Gasteiger partial charge in [-0.1, -0.05) is 6.07 Å². The van der Waals surface area contributed by atoms with Crippen LogP contribution in [0.4, 0.5) is 5.69 Å². The second-order valence-electron chi connectivity index (χ2n) is 5.81. The van der Waals surface area contributed by atoms with Gasteiger partial charge in [-0.05, 0) is 25.2 Å². The molecule has 1 unspecified atom stereocenters. The van der Waals surface area contributed by atoms with Crippen LogP contribution >= 0.6 is 0 Å².